The molecule has 18 heavy (non-hydrogen) atoms. The van der Waals surface area contributed by atoms with E-state index in [1.165, 1.54) is 17.7 Å². The lowest BCUT2D eigenvalue weighted by Gasteiger charge is -2.19. The third-order valence-corrected chi connectivity index (χ3v) is 3.37. The van der Waals surface area contributed by atoms with Gasteiger partial charge in [0.05, 0.1) is 13.6 Å². The summed E-state index contributed by atoms with van der Waals surface area (Å²) >= 11 is 0. The Kier molecular flexibility index (Phi) is 4.54. The minimum Gasteiger partial charge on any atom is -0.333 e. The molecule has 2 rings (SSSR count). The first-order valence-electron chi connectivity index (χ1n) is 6.66. The van der Waals surface area contributed by atoms with Crippen LogP contribution in [0.15, 0.2) is 60.7 Å². The van der Waals surface area contributed by atoms with Gasteiger partial charge in [0.2, 0.25) is 0 Å². The van der Waals surface area contributed by atoms with E-state index in [0.29, 0.717) is 5.92 Å². The van der Waals surface area contributed by atoms with E-state index in [9.17, 15) is 0 Å². The quantitative estimate of drug-likeness (QED) is 0.819. The zero-order valence-corrected chi connectivity index (χ0v) is 11.3. The first-order chi connectivity index (χ1) is 8.75. The number of likely N-dealkylation sites (N-methyl/N-ethyl adjacent to an activating group) is 1. The molecular weight excluding hydrogens is 218 g/mol. The predicted molar refractivity (Wildman–Crippen MR) is 76.8 cm³/mol. The van der Waals surface area contributed by atoms with E-state index in [2.05, 4.69) is 74.6 Å². The maximum atomic E-state index is 2.31. The number of quaternary nitrogens is 1. The summed E-state index contributed by atoms with van der Waals surface area (Å²) in [6, 6.07) is 21.5. The maximum Gasteiger partial charge on any atom is 0.103 e. The summed E-state index contributed by atoms with van der Waals surface area (Å²) in [6.07, 6.45) is 0. The number of nitrogens with one attached hydrogen (secondary N) is 1. The molecule has 0 aliphatic rings. The van der Waals surface area contributed by atoms with E-state index in [4.69, 9.17) is 0 Å². The fourth-order valence-electron chi connectivity index (χ4n) is 2.44. The van der Waals surface area contributed by atoms with Gasteiger partial charge in [-0.25, -0.2) is 0 Å². The molecule has 2 aromatic rings. The summed E-state index contributed by atoms with van der Waals surface area (Å²) in [5.74, 6) is 0.606. The van der Waals surface area contributed by atoms with Crippen molar-refractivity contribution in [3.63, 3.8) is 0 Å². The Morgan fingerprint density at radius 2 is 1.44 bits per heavy atom. The van der Waals surface area contributed by atoms with Gasteiger partial charge in [0.25, 0.3) is 0 Å². The van der Waals surface area contributed by atoms with Crippen LogP contribution in [0.5, 0.6) is 0 Å². The van der Waals surface area contributed by atoms with Crippen molar-refractivity contribution in [2.24, 2.45) is 0 Å². The van der Waals surface area contributed by atoms with Crippen LogP contribution in [0.1, 0.15) is 24.0 Å². The molecule has 0 aliphatic heterocycles. The Hall–Kier alpha value is -1.60. The Labute approximate surface area is 110 Å². The van der Waals surface area contributed by atoms with Crippen molar-refractivity contribution in [3.05, 3.63) is 71.8 Å². The van der Waals surface area contributed by atoms with Crippen LogP contribution in [0.2, 0.25) is 0 Å². The Bertz CT molecular complexity index is 450. The highest BCUT2D eigenvalue weighted by molar-refractivity contribution is 5.18. The van der Waals surface area contributed by atoms with Crippen LogP contribution in [0.4, 0.5) is 0 Å². The van der Waals surface area contributed by atoms with Crippen molar-refractivity contribution >= 4 is 0 Å². The summed E-state index contributed by atoms with van der Waals surface area (Å²) < 4.78 is 0. The summed E-state index contributed by atoms with van der Waals surface area (Å²) in [5.41, 5.74) is 2.85. The third-order valence-electron chi connectivity index (χ3n) is 3.37. The fraction of sp³-hybridized carbons (Fsp3) is 0.294. The molecule has 0 aromatic heterocycles. The van der Waals surface area contributed by atoms with Gasteiger partial charge in [-0.3, -0.25) is 0 Å². The van der Waals surface area contributed by atoms with E-state index in [-0.39, 0.29) is 0 Å². The SMILES string of the molecule is C[C@@H](C[NH+](C)Cc1ccccc1)c1ccccc1. The van der Waals surface area contributed by atoms with Gasteiger partial charge < -0.3 is 4.90 Å². The van der Waals surface area contributed by atoms with Gasteiger partial charge in [0.15, 0.2) is 0 Å². The van der Waals surface area contributed by atoms with Gasteiger partial charge in [0.1, 0.15) is 6.54 Å². The van der Waals surface area contributed by atoms with E-state index >= 15 is 0 Å². The van der Waals surface area contributed by atoms with Gasteiger partial charge in [-0.1, -0.05) is 67.6 Å². The minimum absolute atomic E-state index is 0.606. The van der Waals surface area contributed by atoms with Crippen LogP contribution in [0.3, 0.4) is 0 Å². The van der Waals surface area contributed by atoms with Crippen LogP contribution in [-0.2, 0) is 6.54 Å². The average Bonchev–Trinajstić information content (AvgIpc) is 2.40. The number of rotatable bonds is 5. The van der Waals surface area contributed by atoms with E-state index in [1.807, 2.05) is 0 Å². The molecule has 94 valence electrons. The second-order valence-corrected chi connectivity index (χ2v) is 5.14. The van der Waals surface area contributed by atoms with Crippen LogP contribution >= 0.6 is 0 Å². The Morgan fingerprint density at radius 3 is 2.06 bits per heavy atom. The molecule has 0 aliphatic carbocycles. The van der Waals surface area contributed by atoms with E-state index in [1.54, 1.807) is 4.90 Å². The zero-order valence-electron chi connectivity index (χ0n) is 11.3. The lowest BCUT2D eigenvalue weighted by atomic mass is 10.0. The van der Waals surface area contributed by atoms with Crippen molar-refractivity contribution in [2.45, 2.75) is 19.4 Å². The summed E-state index contributed by atoms with van der Waals surface area (Å²) in [4.78, 5) is 1.55. The molecule has 2 aromatic carbocycles. The lowest BCUT2D eigenvalue weighted by molar-refractivity contribution is -0.895. The predicted octanol–water partition coefficient (Wildman–Crippen LogP) is 2.51. The Morgan fingerprint density at radius 1 is 0.889 bits per heavy atom. The normalized spacial score (nSPS) is 14.1. The average molecular weight is 240 g/mol. The van der Waals surface area contributed by atoms with Crippen molar-refractivity contribution in [2.75, 3.05) is 13.6 Å². The van der Waals surface area contributed by atoms with Gasteiger partial charge in [-0.2, -0.15) is 0 Å². The number of benzene rings is 2. The minimum atomic E-state index is 0.606. The first-order valence-corrected chi connectivity index (χ1v) is 6.66. The highest BCUT2D eigenvalue weighted by atomic mass is 15.1. The molecular formula is C17H22N+. The molecule has 1 N–H and O–H groups in total. The van der Waals surface area contributed by atoms with Gasteiger partial charge in [-0.15, -0.1) is 0 Å². The largest absolute Gasteiger partial charge is 0.333 e. The lowest BCUT2D eigenvalue weighted by Crippen LogP contribution is -3.08. The monoisotopic (exact) mass is 240 g/mol. The van der Waals surface area contributed by atoms with Gasteiger partial charge >= 0.3 is 0 Å². The molecule has 1 heteroatoms. The van der Waals surface area contributed by atoms with Gasteiger partial charge in [-0.05, 0) is 5.56 Å². The highest BCUT2D eigenvalue weighted by Crippen LogP contribution is 2.11. The standard InChI is InChI=1S/C17H21N/c1-15(17-11-7-4-8-12-17)13-18(2)14-16-9-5-3-6-10-16/h3-12,15H,13-14H2,1-2H3/p+1/t15-/m0/s1. The summed E-state index contributed by atoms with van der Waals surface area (Å²) in [5, 5.41) is 0. The highest BCUT2D eigenvalue weighted by Gasteiger charge is 2.11. The van der Waals surface area contributed by atoms with Crippen LogP contribution in [-0.4, -0.2) is 13.6 Å². The van der Waals surface area contributed by atoms with Crippen molar-refractivity contribution < 1.29 is 4.90 Å². The molecule has 0 fully saturated rings. The maximum absolute atomic E-state index is 2.31. The molecule has 2 atom stereocenters. The summed E-state index contributed by atoms with van der Waals surface area (Å²) in [7, 11) is 2.27. The fourth-order valence-corrected chi connectivity index (χ4v) is 2.44. The van der Waals surface area contributed by atoms with Crippen molar-refractivity contribution in [3.8, 4) is 0 Å². The third kappa shape index (κ3) is 3.71. The first kappa shape index (κ1) is 12.8. The molecule has 1 unspecified atom stereocenters. The smallest absolute Gasteiger partial charge is 0.103 e. The van der Waals surface area contributed by atoms with E-state index < -0.39 is 0 Å². The summed E-state index contributed by atoms with van der Waals surface area (Å²) in [6.45, 7) is 4.57. The van der Waals surface area contributed by atoms with Gasteiger partial charge in [0, 0.05) is 11.5 Å². The number of hydrogen-bond acceptors (Lipinski definition) is 0. The molecule has 0 amide bonds. The molecule has 0 saturated heterocycles. The molecule has 0 saturated carbocycles. The topological polar surface area (TPSA) is 4.44 Å². The van der Waals surface area contributed by atoms with Crippen molar-refractivity contribution in [1.29, 1.82) is 0 Å². The zero-order chi connectivity index (χ0) is 12.8. The second kappa shape index (κ2) is 6.36. The van der Waals surface area contributed by atoms with Crippen molar-refractivity contribution in [1.82, 2.24) is 0 Å². The Balaban J connectivity index is 1.90. The molecule has 0 bridgehead atoms. The molecule has 0 radical (unpaired) electrons. The molecule has 0 spiro atoms. The van der Waals surface area contributed by atoms with Crippen LogP contribution in [0.25, 0.3) is 0 Å². The van der Waals surface area contributed by atoms with E-state index in [0.717, 1.165) is 6.54 Å². The van der Waals surface area contributed by atoms with Crippen LogP contribution < -0.4 is 4.90 Å². The molecule has 0 heterocycles. The number of hydrogen-bond donors (Lipinski definition) is 1. The molecule has 1 nitrogen and oxygen atoms in total. The second-order valence-electron chi connectivity index (χ2n) is 5.14. The van der Waals surface area contributed by atoms with Crippen LogP contribution in [0, 0.1) is 0 Å².